The van der Waals surface area contributed by atoms with Crippen molar-refractivity contribution in [3.05, 3.63) is 0 Å². The van der Waals surface area contributed by atoms with Crippen LogP contribution in [0.3, 0.4) is 0 Å². The first-order valence-corrected chi connectivity index (χ1v) is 16.4. The average Bonchev–Trinajstić information content (AvgIpc) is 2.98. The molecule has 0 unspecified atom stereocenters. The van der Waals surface area contributed by atoms with Gasteiger partial charge >= 0.3 is 23.9 Å². The fraction of sp³-hybridized carbons (Fsp3) is 0.875. The monoisotopic (exact) mass is 648 g/mol. The third kappa shape index (κ3) is 17.8. The molecule has 0 spiro atoms. The number of ether oxygens (including phenoxy) is 6. The van der Waals surface area contributed by atoms with Gasteiger partial charge < -0.3 is 43.7 Å². The zero-order chi connectivity index (χ0) is 33.6. The van der Waals surface area contributed by atoms with E-state index in [-0.39, 0.29) is 6.42 Å². The summed E-state index contributed by atoms with van der Waals surface area (Å²) in [6.45, 7) is 3.89. The second kappa shape index (κ2) is 23.9. The third-order valence-electron chi connectivity index (χ3n) is 7.46. The topological polar surface area (TPSA) is 184 Å². The highest BCUT2D eigenvalue weighted by molar-refractivity contribution is 5.70. The summed E-state index contributed by atoms with van der Waals surface area (Å²) in [5, 5.41) is 28.9. The van der Waals surface area contributed by atoms with Gasteiger partial charge in [-0.3, -0.25) is 19.2 Å². The van der Waals surface area contributed by atoms with E-state index in [1.54, 1.807) is 0 Å². The molecule has 0 aromatic rings. The largest absolute Gasteiger partial charge is 0.463 e. The predicted octanol–water partition coefficient (Wildman–Crippen LogP) is 3.26. The molecule has 262 valence electrons. The van der Waals surface area contributed by atoms with E-state index in [1.165, 1.54) is 58.3 Å². The fourth-order valence-corrected chi connectivity index (χ4v) is 5.06. The molecule has 13 nitrogen and oxygen atoms in total. The number of aliphatic hydroxyl groups excluding tert-OH is 3. The quantitative estimate of drug-likeness (QED) is 0.0788. The van der Waals surface area contributed by atoms with Crippen molar-refractivity contribution >= 4 is 23.9 Å². The normalized spacial score (nSPS) is 22.7. The van der Waals surface area contributed by atoms with Crippen LogP contribution in [0.1, 0.15) is 118 Å². The van der Waals surface area contributed by atoms with Gasteiger partial charge in [0.1, 0.15) is 24.9 Å². The van der Waals surface area contributed by atoms with Crippen molar-refractivity contribution in [2.75, 3.05) is 19.8 Å². The van der Waals surface area contributed by atoms with Crippen LogP contribution in [0.25, 0.3) is 0 Å². The number of unbranched alkanes of at least 4 members (excludes halogenated alkanes) is 12. The Morgan fingerprint density at radius 2 is 1.18 bits per heavy atom. The smallest absolute Gasteiger partial charge is 0.306 e. The van der Waals surface area contributed by atoms with Crippen molar-refractivity contribution in [1.82, 2.24) is 0 Å². The van der Waals surface area contributed by atoms with Crippen molar-refractivity contribution in [1.29, 1.82) is 0 Å². The van der Waals surface area contributed by atoms with E-state index >= 15 is 0 Å². The van der Waals surface area contributed by atoms with Crippen LogP contribution in [0.15, 0.2) is 0 Å². The number of hydrogen-bond acceptors (Lipinski definition) is 13. The van der Waals surface area contributed by atoms with Crippen LogP contribution >= 0.6 is 0 Å². The number of carbonyl (C=O) groups excluding carboxylic acids is 4. The maximum absolute atomic E-state index is 13.0. The van der Waals surface area contributed by atoms with Gasteiger partial charge in [0.05, 0.1) is 13.2 Å². The standard InChI is InChI=1S/C32H56O13/c1-5-6-7-8-9-10-11-12-13-14-15-16-17-18-28(39)45-30-29(42-23(3)35)27(21-40-22(2)34)44-32(31(30)43-24(4)36)41-20-26(38)25(37)19-33/h25-27,29-33,37-38H,5-21H2,1-4H3/t25-,26+,27+,29+,30-,31-,32+/m0/s1. The molecular weight excluding hydrogens is 592 g/mol. The van der Waals surface area contributed by atoms with Gasteiger partial charge in [0.25, 0.3) is 0 Å². The Morgan fingerprint density at radius 3 is 1.67 bits per heavy atom. The van der Waals surface area contributed by atoms with E-state index in [9.17, 15) is 29.4 Å². The first kappa shape index (κ1) is 40.7. The number of aliphatic hydroxyl groups is 3. The highest BCUT2D eigenvalue weighted by atomic mass is 16.7. The van der Waals surface area contributed by atoms with Gasteiger partial charge in [0.15, 0.2) is 24.6 Å². The molecule has 0 aromatic heterocycles. The Bertz CT molecular complexity index is 851. The van der Waals surface area contributed by atoms with Crippen molar-refractivity contribution < 1.29 is 62.9 Å². The van der Waals surface area contributed by atoms with Gasteiger partial charge in [-0.2, -0.15) is 0 Å². The maximum Gasteiger partial charge on any atom is 0.306 e. The van der Waals surface area contributed by atoms with Gasteiger partial charge in [-0.15, -0.1) is 0 Å². The SMILES string of the molecule is CCCCCCCCCCCCCCCC(=O)O[C@@H]1[C@H](OC(C)=O)[C@H](OC[C@@H](O)[C@@H](O)CO)O[C@H](COC(C)=O)[C@H]1OC(C)=O. The highest BCUT2D eigenvalue weighted by Gasteiger charge is 2.53. The van der Waals surface area contributed by atoms with Crippen molar-refractivity contribution in [3.63, 3.8) is 0 Å². The van der Waals surface area contributed by atoms with Gasteiger partial charge in [-0.25, -0.2) is 0 Å². The minimum atomic E-state index is -1.54. The summed E-state index contributed by atoms with van der Waals surface area (Å²) in [7, 11) is 0. The van der Waals surface area contributed by atoms with E-state index in [0.717, 1.165) is 39.5 Å². The average molecular weight is 649 g/mol. The van der Waals surface area contributed by atoms with Crippen molar-refractivity contribution in [2.45, 2.75) is 161 Å². The Balaban J connectivity index is 2.82. The summed E-state index contributed by atoms with van der Waals surface area (Å²) in [4.78, 5) is 48.6. The van der Waals surface area contributed by atoms with Crippen LogP contribution in [0.5, 0.6) is 0 Å². The van der Waals surface area contributed by atoms with Crippen LogP contribution in [0.4, 0.5) is 0 Å². The van der Waals surface area contributed by atoms with E-state index in [0.29, 0.717) is 6.42 Å². The minimum absolute atomic E-state index is 0.0657. The van der Waals surface area contributed by atoms with E-state index in [2.05, 4.69) is 6.92 Å². The summed E-state index contributed by atoms with van der Waals surface area (Å²) in [5.74, 6) is -2.82. The van der Waals surface area contributed by atoms with Crippen LogP contribution in [-0.2, 0) is 47.6 Å². The van der Waals surface area contributed by atoms with Crippen molar-refractivity contribution in [3.8, 4) is 0 Å². The summed E-state index contributed by atoms with van der Waals surface area (Å²) in [6.07, 6.45) is 4.99. The Kier molecular flexibility index (Phi) is 21.7. The van der Waals surface area contributed by atoms with Gasteiger partial charge in [0, 0.05) is 27.2 Å². The summed E-state index contributed by atoms with van der Waals surface area (Å²) in [5.41, 5.74) is 0. The molecule has 7 atom stereocenters. The molecule has 1 saturated heterocycles. The number of hydrogen-bond donors (Lipinski definition) is 3. The van der Waals surface area contributed by atoms with E-state index in [4.69, 9.17) is 33.5 Å². The molecule has 1 aliphatic heterocycles. The summed E-state index contributed by atoms with van der Waals surface area (Å²) >= 11 is 0. The molecule has 13 heteroatoms. The Morgan fingerprint density at radius 1 is 0.667 bits per heavy atom. The zero-order valence-electron chi connectivity index (χ0n) is 27.5. The lowest BCUT2D eigenvalue weighted by atomic mass is 9.98. The number of esters is 4. The zero-order valence-corrected chi connectivity index (χ0v) is 27.5. The summed E-state index contributed by atoms with van der Waals surface area (Å²) < 4.78 is 33.0. The van der Waals surface area contributed by atoms with E-state index in [1.807, 2.05) is 0 Å². The molecule has 1 rings (SSSR count). The lowest BCUT2D eigenvalue weighted by Gasteiger charge is -2.44. The molecule has 0 amide bonds. The molecule has 3 N–H and O–H groups in total. The third-order valence-corrected chi connectivity index (χ3v) is 7.46. The van der Waals surface area contributed by atoms with E-state index < -0.39 is 86.6 Å². The number of rotatable bonds is 24. The first-order chi connectivity index (χ1) is 21.5. The van der Waals surface area contributed by atoms with Gasteiger partial charge in [-0.05, 0) is 6.42 Å². The molecule has 0 aromatic carbocycles. The van der Waals surface area contributed by atoms with Crippen LogP contribution in [-0.4, -0.2) is 102 Å². The fourth-order valence-electron chi connectivity index (χ4n) is 5.06. The lowest BCUT2D eigenvalue weighted by molar-refractivity contribution is -0.312. The molecule has 1 fully saturated rings. The maximum atomic E-state index is 13.0. The molecule has 45 heavy (non-hydrogen) atoms. The Labute approximate surface area is 267 Å². The minimum Gasteiger partial charge on any atom is -0.463 e. The Hall–Kier alpha value is -2.32. The lowest BCUT2D eigenvalue weighted by Crippen LogP contribution is -2.63. The first-order valence-electron chi connectivity index (χ1n) is 16.4. The van der Waals surface area contributed by atoms with Gasteiger partial charge in [-0.1, -0.05) is 84.0 Å². The highest BCUT2D eigenvalue weighted by Crippen LogP contribution is 2.30. The van der Waals surface area contributed by atoms with Crippen LogP contribution in [0, 0.1) is 0 Å². The van der Waals surface area contributed by atoms with Gasteiger partial charge in [0.2, 0.25) is 0 Å². The molecule has 0 saturated carbocycles. The van der Waals surface area contributed by atoms with Crippen LogP contribution in [0.2, 0.25) is 0 Å². The summed E-state index contributed by atoms with van der Waals surface area (Å²) in [6, 6.07) is 0. The molecule has 1 aliphatic rings. The molecule has 0 radical (unpaired) electrons. The van der Waals surface area contributed by atoms with Crippen LogP contribution < -0.4 is 0 Å². The second-order valence-corrected chi connectivity index (χ2v) is 11.6. The molecule has 1 heterocycles. The van der Waals surface area contributed by atoms with Crippen molar-refractivity contribution in [2.24, 2.45) is 0 Å². The predicted molar refractivity (Wildman–Crippen MR) is 162 cm³/mol. The second-order valence-electron chi connectivity index (χ2n) is 11.6. The molecule has 0 bridgehead atoms. The number of carbonyl (C=O) groups is 4. The molecule has 0 aliphatic carbocycles. The molecular formula is C32H56O13.